The number of benzene rings is 1. The van der Waals surface area contributed by atoms with Crippen LogP contribution in [0.4, 0.5) is 5.69 Å². The van der Waals surface area contributed by atoms with Crippen molar-refractivity contribution in [2.45, 2.75) is 20.3 Å². The summed E-state index contributed by atoms with van der Waals surface area (Å²) < 4.78 is 5.47. The van der Waals surface area contributed by atoms with E-state index < -0.39 is 4.92 Å². The van der Waals surface area contributed by atoms with E-state index in [1.165, 1.54) is 6.07 Å². The third-order valence-electron chi connectivity index (χ3n) is 2.83. The van der Waals surface area contributed by atoms with Gasteiger partial charge in [0.15, 0.2) is 5.75 Å². The van der Waals surface area contributed by atoms with E-state index in [0.29, 0.717) is 12.4 Å². The van der Waals surface area contributed by atoms with Gasteiger partial charge in [0.05, 0.1) is 11.5 Å². The van der Waals surface area contributed by atoms with E-state index in [1.54, 1.807) is 18.2 Å². The van der Waals surface area contributed by atoms with Crippen LogP contribution in [0.15, 0.2) is 24.3 Å². The van der Waals surface area contributed by atoms with Crippen LogP contribution >= 0.6 is 0 Å². The van der Waals surface area contributed by atoms with Gasteiger partial charge < -0.3 is 9.64 Å². The smallest absolute Gasteiger partial charge is 0.310 e. The van der Waals surface area contributed by atoms with Gasteiger partial charge in [0.2, 0.25) is 0 Å². The Morgan fingerprint density at radius 1 is 1.28 bits per heavy atom. The van der Waals surface area contributed by atoms with Gasteiger partial charge in [0.25, 0.3) is 0 Å². The summed E-state index contributed by atoms with van der Waals surface area (Å²) in [5, 5.41) is 10.8. The minimum atomic E-state index is -0.417. The van der Waals surface area contributed by atoms with Crippen molar-refractivity contribution >= 4 is 5.69 Å². The van der Waals surface area contributed by atoms with Gasteiger partial charge >= 0.3 is 5.69 Å². The first kappa shape index (κ1) is 14.4. The second-order valence-corrected chi connectivity index (χ2v) is 3.95. The summed E-state index contributed by atoms with van der Waals surface area (Å²) in [6, 6.07) is 6.48. The maximum Gasteiger partial charge on any atom is 0.310 e. The van der Waals surface area contributed by atoms with Crippen LogP contribution in [-0.4, -0.2) is 36.1 Å². The lowest BCUT2D eigenvalue weighted by Gasteiger charge is -2.17. The van der Waals surface area contributed by atoms with Crippen LogP contribution in [0.2, 0.25) is 0 Å². The summed E-state index contributed by atoms with van der Waals surface area (Å²) in [4.78, 5) is 12.7. The minimum absolute atomic E-state index is 0.0281. The molecule has 1 rings (SSSR count). The zero-order chi connectivity index (χ0) is 13.4. The van der Waals surface area contributed by atoms with Gasteiger partial charge in [-0.3, -0.25) is 10.1 Å². The Balaban J connectivity index is 2.42. The van der Waals surface area contributed by atoms with Crippen molar-refractivity contribution in [3.63, 3.8) is 0 Å². The monoisotopic (exact) mass is 252 g/mol. The molecule has 0 aliphatic rings. The van der Waals surface area contributed by atoms with E-state index in [4.69, 9.17) is 4.74 Å². The first-order valence-corrected chi connectivity index (χ1v) is 6.27. The number of nitrogens with zero attached hydrogens (tertiary/aromatic N) is 2. The Labute approximate surface area is 108 Å². The van der Waals surface area contributed by atoms with E-state index in [2.05, 4.69) is 18.7 Å². The van der Waals surface area contributed by atoms with Gasteiger partial charge in [0, 0.05) is 12.6 Å². The zero-order valence-electron chi connectivity index (χ0n) is 11.0. The molecule has 0 atom stereocenters. The molecule has 0 N–H and O–H groups in total. The number of ether oxygens (including phenoxy) is 1. The largest absolute Gasteiger partial charge is 0.487 e. The number of nitro groups is 1. The van der Waals surface area contributed by atoms with Crippen LogP contribution in [0.3, 0.4) is 0 Å². The lowest BCUT2D eigenvalue weighted by molar-refractivity contribution is -0.385. The standard InChI is InChI=1S/C13H20N2O3/c1-3-14(4-2)10-7-11-18-13-9-6-5-8-12(13)15(16)17/h5-6,8-9H,3-4,7,10-11H2,1-2H3. The quantitative estimate of drug-likeness (QED) is 0.405. The van der Waals surface area contributed by atoms with E-state index in [-0.39, 0.29) is 5.69 Å². The summed E-state index contributed by atoms with van der Waals surface area (Å²) in [7, 11) is 0. The maximum absolute atomic E-state index is 10.8. The molecular weight excluding hydrogens is 232 g/mol. The summed E-state index contributed by atoms with van der Waals surface area (Å²) in [6.45, 7) is 7.72. The van der Waals surface area contributed by atoms with E-state index >= 15 is 0 Å². The van der Waals surface area contributed by atoms with Gasteiger partial charge in [-0.1, -0.05) is 26.0 Å². The molecular formula is C13H20N2O3. The molecule has 1 aromatic carbocycles. The Hall–Kier alpha value is -1.62. The first-order chi connectivity index (χ1) is 8.69. The molecule has 0 aliphatic heterocycles. The molecule has 5 nitrogen and oxygen atoms in total. The highest BCUT2D eigenvalue weighted by atomic mass is 16.6. The molecule has 18 heavy (non-hydrogen) atoms. The molecule has 100 valence electrons. The summed E-state index contributed by atoms with van der Waals surface area (Å²) in [6.07, 6.45) is 0.869. The number of nitro benzene ring substituents is 1. The fraction of sp³-hybridized carbons (Fsp3) is 0.538. The normalized spacial score (nSPS) is 10.6. The summed E-state index contributed by atoms with van der Waals surface area (Å²) >= 11 is 0. The van der Waals surface area contributed by atoms with Crippen molar-refractivity contribution in [3.8, 4) is 5.75 Å². The Morgan fingerprint density at radius 3 is 2.56 bits per heavy atom. The van der Waals surface area contributed by atoms with Crippen LogP contribution < -0.4 is 4.74 Å². The molecule has 0 heterocycles. The number of para-hydroxylation sites is 2. The Kier molecular flexibility index (Phi) is 6.14. The fourth-order valence-corrected chi connectivity index (χ4v) is 1.74. The third-order valence-corrected chi connectivity index (χ3v) is 2.83. The van der Waals surface area contributed by atoms with Gasteiger partial charge in [-0.05, 0) is 25.6 Å². The predicted octanol–water partition coefficient (Wildman–Crippen LogP) is 2.71. The molecule has 0 aromatic heterocycles. The highest BCUT2D eigenvalue weighted by Crippen LogP contribution is 2.25. The molecule has 0 radical (unpaired) electrons. The van der Waals surface area contributed by atoms with E-state index in [1.807, 2.05) is 0 Å². The summed E-state index contributed by atoms with van der Waals surface area (Å²) in [5.74, 6) is 0.349. The van der Waals surface area contributed by atoms with E-state index in [9.17, 15) is 10.1 Å². The van der Waals surface area contributed by atoms with Crippen molar-refractivity contribution < 1.29 is 9.66 Å². The van der Waals surface area contributed by atoms with Gasteiger partial charge in [-0.15, -0.1) is 0 Å². The van der Waals surface area contributed by atoms with Crippen LogP contribution in [0.25, 0.3) is 0 Å². The number of hydrogen-bond donors (Lipinski definition) is 0. The molecule has 1 aromatic rings. The van der Waals surface area contributed by atoms with Crippen molar-refractivity contribution in [1.29, 1.82) is 0 Å². The van der Waals surface area contributed by atoms with Crippen molar-refractivity contribution in [3.05, 3.63) is 34.4 Å². The zero-order valence-corrected chi connectivity index (χ0v) is 11.0. The molecule has 0 spiro atoms. The van der Waals surface area contributed by atoms with Crippen molar-refractivity contribution in [2.75, 3.05) is 26.2 Å². The van der Waals surface area contributed by atoms with Gasteiger partial charge in [-0.2, -0.15) is 0 Å². The molecule has 5 heteroatoms. The average molecular weight is 252 g/mol. The second kappa shape index (κ2) is 7.66. The molecule has 0 aliphatic carbocycles. The van der Waals surface area contributed by atoms with Gasteiger partial charge in [0.1, 0.15) is 0 Å². The van der Waals surface area contributed by atoms with Crippen molar-refractivity contribution in [2.24, 2.45) is 0 Å². The molecule has 0 amide bonds. The highest BCUT2D eigenvalue weighted by Gasteiger charge is 2.13. The fourth-order valence-electron chi connectivity index (χ4n) is 1.74. The highest BCUT2D eigenvalue weighted by molar-refractivity contribution is 5.45. The Bertz CT molecular complexity index is 378. The van der Waals surface area contributed by atoms with Crippen LogP contribution in [0.5, 0.6) is 5.75 Å². The lowest BCUT2D eigenvalue weighted by Crippen LogP contribution is -2.25. The Morgan fingerprint density at radius 2 is 1.94 bits per heavy atom. The molecule has 0 fully saturated rings. The van der Waals surface area contributed by atoms with Gasteiger partial charge in [-0.25, -0.2) is 0 Å². The predicted molar refractivity (Wildman–Crippen MR) is 71.0 cm³/mol. The van der Waals surface area contributed by atoms with Crippen LogP contribution in [0, 0.1) is 10.1 Å². The molecule has 0 unspecified atom stereocenters. The number of rotatable bonds is 8. The maximum atomic E-state index is 10.8. The van der Waals surface area contributed by atoms with E-state index in [0.717, 1.165) is 26.1 Å². The molecule has 0 bridgehead atoms. The first-order valence-electron chi connectivity index (χ1n) is 6.27. The van der Waals surface area contributed by atoms with Crippen LogP contribution in [0.1, 0.15) is 20.3 Å². The minimum Gasteiger partial charge on any atom is -0.487 e. The van der Waals surface area contributed by atoms with Crippen LogP contribution in [-0.2, 0) is 0 Å². The second-order valence-electron chi connectivity index (χ2n) is 3.95. The average Bonchev–Trinajstić information content (AvgIpc) is 2.39. The SMILES string of the molecule is CCN(CC)CCCOc1ccccc1[N+](=O)[O-]. The lowest BCUT2D eigenvalue weighted by atomic mass is 10.3. The summed E-state index contributed by atoms with van der Waals surface area (Å²) in [5.41, 5.74) is 0.0281. The molecule has 0 saturated heterocycles. The topological polar surface area (TPSA) is 55.6 Å². The van der Waals surface area contributed by atoms with Crippen molar-refractivity contribution in [1.82, 2.24) is 4.90 Å². The molecule has 0 saturated carbocycles. The third kappa shape index (κ3) is 4.33. The number of hydrogen-bond acceptors (Lipinski definition) is 4.